The van der Waals surface area contributed by atoms with E-state index < -0.39 is 16.7 Å². The molecule has 0 radical (unpaired) electrons. The number of halogens is 1. The van der Waals surface area contributed by atoms with Crippen molar-refractivity contribution in [1.29, 1.82) is 0 Å². The van der Waals surface area contributed by atoms with Gasteiger partial charge in [0.15, 0.2) is 5.76 Å². The molecule has 0 bridgehead atoms. The normalized spacial score (nSPS) is 12.2. The molecule has 0 spiro atoms. The first-order valence-electron chi connectivity index (χ1n) is 6.83. The third-order valence-corrected chi connectivity index (χ3v) is 3.31. The van der Waals surface area contributed by atoms with Crippen LogP contribution in [0, 0.1) is 15.9 Å². The van der Waals surface area contributed by atoms with Crippen molar-refractivity contribution in [2.24, 2.45) is 0 Å². The highest BCUT2D eigenvalue weighted by atomic mass is 19.1. The molecule has 0 aliphatic heterocycles. The lowest BCUT2D eigenvalue weighted by molar-refractivity contribution is -0.402. The first-order chi connectivity index (χ1) is 10.9. The summed E-state index contributed by atoms with van der Waals surface area (Å²) in [5.41, 5.74) is 0.709. The van der Waals surface area contributed by atoms with Crippen molar-refractivity contribution < 1.29 is 18.5 Å². The van der Waals surface area contributed by atoms with Gasteiger partial charge >= 0.3 is 5.88 Å². The highest BCUT2D eigenvalue weighted by molar-refractivity contribution is 5.91. The van der Waals surface area contributed by atoms with Gasteiger partial charge in [-0.15, -0.1) is 0 Å². The molecule has 0 saturated carbocycles. The molecule has 0 fully saturated rings. The Morgan fingerprint density at radius 3 is 2.70 bits per heavy atom. The van der Waals surface area contributed by atoms with Gasteiger partial charge in [-0.3, -0.25) is 14.9 Å². The zero-order chi connectivity index (χ0) is 17.0. The van der Waals surface area contributed by atoms with Gasteiger partial charge in [0.1, 0.15) is 10.7 Å². The fraction of sp³-hybridized carbons (Fsp3) is 0.267. The van der Waals surface area contributed by atoms with Crippen LogP contribution in [0.15, 0.2) is 40.8 Å². The SMILES string of the molecule is CN(C)C(CNC(=O)c1ccc([N+](=O)[O-])o1)c1cccc(F)c1. The summed E-state index contributed by atoms with van der Waals surface area (Å²) in [6, 6.07) is 8.20. The summed E-state index contributed by atoms with van der Waals surface area (Å²) >= 11 is 0. The lowest BCUT2D eigenvalue weighted by Gasteiger charge is -2.25. The minimum absolute atomic E-state index is 0.145. The smallest absolute Gasteiger partial charge is 0.395 e. The maximum Gasteiger partial charge on any atom is 0.433 e. The van der Waals surface area contributed by atoms with E-state index in [1.165, 1.54) is 18.2 Å². The zero-order valence-electron chi connectivity index (χ0n) is 12.7. The molecule has 0 aliphatic carbocycles. The Morgan fingerprint density at radius 2 is 2.13 bits per heavy atom. The first-order valence-corrected chi connectivity index (χ1v) is 6.83. The van der Waals surface area contributed by atoms with E-state index in [4.69, 9.17) is 4.42 Å². The van der Waals surface area contributed by atoms with E-state index in [1.807, 2.05) is 4.90 Å². The average molecular weight is 321 g/mol. The van der Waals surface area contributed by atoms with Gasteiger partial charge in [0.05, 0.1) is 12.1 Å². The molecule has 1 N–H and O–H groups in total. The molecule has 0 aliphatic rings. The first kappa shape index (κ1) is 16.6. The number of hydrogen-bond acceptors (Lipinski definition) is 5. The second-order valence-electron chi connectivity index (χ2n) is 5.14. The summed E-state index contributed by atoms with van der Waals surface area (Å²) in [6.07, 6.45) is 0. The summed E-state index contributed by atoms with van der Waals surface area (Å²) in [7, 11) is 3.61. The Hall–Kier alpha value is -2.74. The predicted molar refractivity (Wildman–Crippen MR) is 80.5 cm³/mol. The van der Waals surface area contributed by atoms with E-state index in [1.54, 1.807) is 26.2 Å². The van der Waals surface area contributed by atoms with E-state index in [9.17, 15) is 19.3 Å². The molecule has 1 aromatic carbocycles. The van der Waals surface area contributed by atoms with Gasteiger partial charge in [0.2, 0.25) is 0 Å². The molecule has 1 atom stereocenters. The maximum absolute atomic E-state index is 13.3. The molecule has 1 amide bonds. The summed E-state index contributed by atoms with van der Waals surface area (Å²) in [5, 5.41) is 13.2. The van der Waals surface area contributed by atoms with E-state index in [2.05, 4.69) is 5.32 Å². The van der Waals surface area contributed by atoms with E-state index >= 15 is 0 Å². The van der Waals surface area contributed by atoms with Gasteiger partial charge in [0, 0.05) is 6.54 Å². The molecular formula is C15H16FN3O4. The molecule has 7 nitrogen and oxygen atoms in total. The van der Waals surface area contributed by atoms with E-state index in [-0.39, 0.29) is 24.2 Å². The number of carbonyl (C=O) groups is 1. The zero-order valence-corrected chi connectivity index (χ0v) is 12.7. The van der Waals surface area contributed by atoms with Crippen LogP contribution in [0.5, 0.6) is 0 Å². The number of nitrogens with one attached hydrogen (secondary N) is 1. The van der Waals surface area contributed by atoms with E-state index in [0.717, 1.165) is 6.07 Å². The number of rotatable bonds is 6. The fourth-order valence-electron chi connectivity index (χ4n) is 2.14. The minimum atomic E-state index is -0.716. The van der Waals surface area contributed by atoms with Crippen LogP contribution in [-0.4, -0.2) is 36.4 Å². The molecule has 2 aromatic rings. The van der Waals surface area contributed by atoms with Crippen molar-refractivity contribution in [2.45, 2.75) is 6.04 Å². The van der Waals surface area contributed by atoms with Gasteiger partial charge in [-0.1, -0.05) is 12.1 Å². The van der Waals surface area contributed by atoms with Crippen molar-refractivity contribution in [3.05, 3.63) is 63.7 Å². The third-order valence-electron chi connectivity index (χ3n) is 3.31. The summed E-state index contributed by atoms with van der Waals surface area (Å²) < 4.78 is 18.2. The summed E-state index contributed by atoms with van der Waals surface area (Å²) in [5.74, 6) is -1.57. The Labute approximate surface area is 131 Å². The highest BCUT2D eigenvalue weighted by Crippen LogP contribution is 2.19. The minimum Gasteiger partial charge on any atom is -0.395 e. The number of carbonyl (C=O) groups excluding carboxylic acids is 1. The average Bonchev–Trinajstić information content (AvgIpc) is 2.97. The van der Waals surface area contributed by atoms with Crippen LogP contribution in [0.1, 0.15) is 22.2 Å². The molecule has 1 aromatic heterocycles. The number of furan rings is 1. The van der Waals surface area contributed by atoms with Crippen LogP contribution < -0.4 is 5.32 Å². The standard InChI is InChI=1S/C15H16FN3O4/c1-18(2)12(10-4-3-5-11(16)8-10)9-17-15(20)13-6-7-14(23-13)19(21)22/h3-8,12H,9H2,1-2H3,(H,17,20). The Kier molecular flexibility index (Phi) is 5.07. The molecule has 0 saturated heterocycles. The van der Waals surface area contributed by atoms with E-state index in [0.29, 0.717) is 5.56 Å². The largest absolute Gasteiger partial charge is 0.433 e. The quantitative estimate of drug-likeness (QED) is 0.652. The number of hydrogen-bond donors (Lipinski definition) is 1. The number of amides is 1. The molecule has 2 rings (SSSR count). The number of likely N-dealkylation sites (N-methyl/N-ethyl adjacent to an activating group) is 1. The molecule has 23 heavy (non-hydrogen) atoms. The van der Waals surface area contributed by atoms with Crippen LogP contribution in [-0.2, 0) is 0 Å². The Bertz CT molecular complexity index is 714. The summed E-state index contributed by atoms with van der Waals surface area (Å²) in [4.78, 5) is 23.6. The van der Waals surface area contributed by atoms with Gasteiger partial charge in [-0.05, 0) is 37.9 Å². The second kappa shape index (κ2) is 7.01. The summed E-state index contributed by atoms with van der Waals surface area (Å²) in [6.45, 7) is 0.198. The van der Waals surface area contributed by atoms with Crippen molar-refractivity contribution in [3.8, 4) is 0 Å². The molecule has 122 valence electrons. The van der Waals surface area contributed by atoms with Gasteiger partial charge < -0.3 is 14.6 Å². The lowest BCUT2D eigenvalue weighted by atomic mass is 10.1. The van der Waals surface area contributed by atoms with Crippen molar-refractivity contribution in [3.63, 3.8) is 0 Å². The van der Waals surface area contributed by atoms with Crippen LogP contribution >= 0.6 is 0 Å². The van der Waals surface area contributed by atoms with Crippen LogP contribution in [0.2, 0.25) is 0 Å². The number of nitrogens with zero attached hydrogens (tertiary/aromatic N) is 2. The molecular weight excluding hydrogens is 305 g/mol. The Morgan fingerprint density at radius 1 is 1.39 bits per heavy atom. The Balaban J connectivity index is 2.06. The van der Waals surface area contributed by atoms with Crippen LogP contribution in [0.25, 0.3) is 0 Å². The highest BCUT2D eigenvalue weighted by Gasteiger charge is 2.20. The van der Waals surface area contributed by atoms with Gasteiger partial charge in [-0.2, -0.15) is 0 Å². The van der Waals surface area contributed by atoms with Gasteiger partial charge in [-0.25, -0.2) is 4.39 Å². The van der Waals surface area contributed by atoms with Crippen LogP contribution in [0.3, 0.4) is 0 Å². The maximum atomic E-state index is 13.3. The molecule has 8 heteroatoms. The second-order valence-corrected chi connectivity index (χ2v) is 5.14. The number of benzene rings is 1. The molecule has 1 unspecified atom stereocenters. The fourth-order valence-corrected chi connectivity index (χ4v) is 2.14. The van der Waals surface area contributed by atoms with Crippen molar-refractivity contribution in [2.75, 3.05) is 20.6 Å². The lowest BCUT2D eigenvalue weighted by Crippen LogP contribution is -2.34. The van der Waals surface area contributed by atoms with Gasteiger partial charge in [0.25, 0.3) is 5.91 Å². The molecule has 1 heterocycles. The predicted octanol–water partition coefficient (Wildman–Crippen LogP) is 2.36. The van der Waals surface area contributed by atoms with Crippen molar-refractivity contribution in [1.82, 2.24) is 10.2 Å². The third kappa shape index (κ3) is 4.13. The number of nitro groups is 1. The topological polar surface area (TPSA) is 88.6 Å². The van der Waals surface area contributed by atoms with Crippen LogP contribution in [0.4, 0.5) is 10.3 Å². The van der Waals surface area contributed by atoms with Crippen molar-refractivity contribution >= 4 is 11.8 Å². The monoisotopic (exact) mass is 321 g/mol.